The minimum Gasteiger partial charge on any atom is -0.361 e. The zero-order chi connectivity index (χ0) is 15.5. The lowest BCUT2D eigenvalue weighted by Crippen LogP contribution is -2.22. The first-order valence-corrected chi connectivity index (χ1v) is 12.2. The maximum absolute atomic E-state index is 5.86. The van der Waals surface area contributed by atoms with Crippen molar-refractivity contribution in [3.63, 3.8) is 0 Å². The fourth-order valence-corrected chi connectivity index (χ4v) is 3.36. The summed E-state index contributed by atoms with van der Waals surface area (Å²) in [5.74, 6) is 0.905. The van der Waals surface area contributed by atoms with Crippen molar-refractivity contribution < 1.29 is 4.74 Å². The molecule has 6 heteroatoms. The third-order valence-electron chi connectivity index (χ3n) is 3.12. The number of hydrogen-bond donors (Lipinski definition) is 0. The summed E-state index contributed by atoms with van der Waals surface area (Å²) in [4.78, 5) is 4.57. The molecular formula is C15H20Br2N2OSi. The Balaban J connectivity index is 2.12. The monoisotopic (exact) mass is 430 g/mol. The molecule has 0 aliphatic carbocycles. The van der Waals surface area contributed by atoms with Crippen molar-refractivity contribution in [1.82, 2.24) is 9.55 Å². The first kappa shape index (κ1) is 16.9. The highest BCUT2D eigenvalue weighted by atomic mass is 79.9. The van der Waals surface area contributed by atoms with Crippen molar-refractivity contribution in [3.8, 4) is 11.4 Å². The predicted octanol–water partition coefficient (Wildman–Crippen LogP) is 5.39. The first-order valence-electron chi connectivity index (χ1n) is 6.93. The van der Waals surface area contributed by atoms with E-state index in [2.05, 4.69) is 68.6 Å². The molecule has 0 aliphatic heterocycles. The van der Waals surface area contributed by atoms with Crippen LogP contribution in [0.2, 0.25) is 25.7 Å². The van der Waals surface area contributed by atoms with Gasteiger partial charge in [-0.05, 0) is 37.9 Å². The van der Waals surface area contributed by atoms with Crippen molar-refractivity contribution in [2.75, 3.05) is 6.61 Å². The topological polar surface area (TPSA) is 27.1 Å². The van der Waals surface area contributed by atoms with Gasteiger partial charge in [0, 0.05) is 20.2 Å². The molecule has 0 amide bonds. The average molecular weight is 432 g/mol. The van der Waals surface area contributed by atoms with Crippen LogP contribution in [0, 0.1) is 0 Å². The Morgan fingerprint density at radius 2 is 1.81 bits per heavy atom. The van der Waals surface area contributed by atoms with Crippen molar-refractivity contribution in [2.24, 2.45) is 0 Å². The van der Waals surface area contributed by atoms with Gasteiger partial charge in [0.25, 0.3) is 0 Å². The highest BCUT2D eigenvalue weighted by Gasteiger charge is 2.16. The van der Waals surface area contributed by atoms with Gasteiger partial charge < -0.3 is 4.74 Å². The molecule has 0 atom stereocenters. The second-order valence-corrected chi connectivity index (χ2v) is 13.3. The second kappa shape index (κ2) is 7.22. The smallest absolute Gasteiger partial charge is 0.144 e. The molecule has 0 radical (unpaired) electrons. The lowest BCUT2D eigenvalue weighted by atomic mass is 10.2. The van der Waals surface area contributed by atoms with Crippen LogP contribution in [0.5, 0.6) is 0 Å². The molecule has 0 fully saturated rings. The van der Waals surface area contributed by atoms with Gasteiger partial charge >= 0.3 is 0 Å². The molecule has 2 rings (SSSR count). The van der Waals surface area contributed by atoms with E-state index in [0.717, 1.165) is 27.2 Å². The van der Waals surface area contributed by atoms with Gasteiger partial charge in [-0.2, -0.15) is 0 Å². The highest BCUT2D eigenvalue weighted by Crippen LogP contribution is 2.29. The Hall–Kier alpha value is -0.433. The number of benzene rings is 1. The fraction of sp³-hybridized carbons (Fsp3) is 0.400. The summed E-state index contributed by atoms with van der Waals surface area (Å²) in [5.41, 5.74) is 1.08. The summed E-state index contributed by atoms with van der Waals surface area (Å²) in [7, 11) is -1.05. The zero-order valence-corrected chi connectivity index (χ0v) is 16.7. The molecule has 0 N–H and O–H groups in total. The molecule has 0 saturated carbocycles. The molecule has 21 heavy (non-hydrogen) atoms. The minimum atomic E-state index is -1.05. The zero-order valence-electron chi connectivity index (χ0n) is 12.6. The van der Waals surface area contributed by atoms with Crippen molar-refractivity contribution >= 4 is 39.9 Å². The summed E-state index contributed by atoms with van der Waals surface area (Å²) < 4.78 is 9.62. The summed E-state index contributed by atoms with van der Waals surface area (Å²) in [6.45, 7) is 8.38. The molecule has 0 unspecified atom stereocenters. The Morgan fingerprint density at radius 3 is 2.43 bits per heavy atom. The van der Waals surface area contributed by atoms with Crippen LogP contribution in [0.25, 0.3) is 11.4 Å². The molecule has 114 valence electrons. The van der Waals surface area contributed by atoms with Gasteiger partial charge in [0.15, 0.2) is 0 Å². The maximum Gasteiger partial charge on any atom is 0.144 e. The molecular weight excluding hydrogens is 412 g/mol. The van der Waals surface area contributed by atoms with Crippen molar-refractivity contribution in [2.45, 2.75) is 32.4 Å². The van der Waals surface area contributed by atoms with Gasteiger partial charge in [-0.15, -0.1) is 0 Å². The number of nitrogens with zero attached hydrogens (tertiary/aromatic N) is 2. The van der Waals surface area contributed by atoms with Crippen LogP contribution >= 0.6 is 31.9 Å². The van der Waals surface area contributed by atoms with Crippen LogP contribution in [-0.4, -0.2) is 24.2 Å². The van der Waals surface area contributed by atoms with E-state index in [9.17, 15) is 0 Å². The highest BCUT2D eigenvalue weighted by molar-refractivity contribution is 9.13. The second-order valence-electron chi connectivity index (χ2n) is 6.16. The molecule has 0 saturated heterocycles. The van der Waals surface area contributed by atoms with Gasteiger partial charge in [-0.1, -0.05) is 50.0 Å². The van der Waals surface area contributed by atoms with Crippen LogP contribution in [-0.2, 0) is 11.5 Å². The van der Waals surface area contributed by atoms with Crippen LogP contribution in [0.1, 0.15) is 0 Å². The Morgan fingerprint density at radius 1 is 1.14 bits per heavy atom. The minimum absolute atomic E-state index is 0.508. The van der Waals surface area contributed by atoms with Gasteiger partial charge in [0.1, 0.15) is 21.8 Å². The molecule has 1 aromatic carbocycles. The standard InChI is InChI=1S/C15H20Br2N2OSi/c1-21(2,3)10-9-20-11-19-14(17)13(16)18-15(19)12-7-5-4-6-8-12/h4-8H,9-11H2,1-3H3. The number of halogens is 2. The number of aromatic nitrogens is 2. The number of imidazole rings is 1. The first-order chi connectivity index (χ1) is 9.88. The molecule has 2 aromatic rings. The van der Waals surface area contributed by atoms with E-state index in [4.69, 9.17) is 4.74 Å². The maximum atomic E-state index is 5.86. The van der Waals surface area contributed by atoms with Crippen molar-refractivity contribution in [3.05, 3.63) is 39.5 Å². The molecule has 0 aliphatic rings. The van der Waals surface area contributed by atoms with E-state index in [1.165, 1.54) is 6.04 Å². The summed E-state index contributed by atoms with van der Waals surface area (Å²) in [5, 5.41) is 0. The average Bonchev–Trinajstić information content (AvgIpc) is 2.71. The number of rotatable bonds is 6. The Bertz CT molecular complexity index is 594. The fourth-order valence-electron chi connectivity index (χ4n) is 1.86. The quantitative estimate of drug-likeness (QED) is 0.452. The number of ether oxygens (including phenoxy) is 1. The molecule has 3 nitrogen and oxygen atoms in total. The van der Waals surface area contributed by atoms with E-state index in [0.29, 0.717) is 6.73 Å². The van der Waals surface area contributed by atoms with E-state index in [1.54, 1.807) is 0 Å². The van der Waals surface area contributed by atoms with E-state index < -0.39 is 8.07 Å². The van der Waals surface area contributed by atoms with E-state index in [-0.39, 0.29) is 0 Å². The molecule has 0 bridgehead atoms. The van der Waals surface area contributed by atoms with Gasteiger partial charge in [0.05, 0.1) is 0 Å². The number of hydrogen-bond acceptors (Lipinski definition) is 2. The van der Waals surface area contributed by atoms with Crippen LogP contribution in [0.4, 0.5) is 0 Å². The Labute approximate surface area is 144 Å². The molecule has 1 aromatic heterocycles. The van der Waals surface area contributed by atoms with E-state index in [1.807, 2.05) is 22.8 Å². The summed E-state index contributed by atoms with van der Waals surface area (Å²) in [6.07, 6.45) is 0. The van der Waals surface area contributed by atoms with Crippen LogP contribution in [0.15, 0.2) is 39.5 Å². The van der Waals surface area contributed by atoms with Gasteiger partial charge in [-0.3, -0.25) is 4.57 Å². The largest absolute Gasteiger partial charge is 0.361 e. The van der Waals surface area contributed by atoms with Crippen LogP contribution in [0.3, 0.4) is 0 Å². The van der Waals surface area contributed by atoms with E-state index >= 15 is 0 Å². The SMILES string of the molecule is C[Si](C)(C)CCOCn1c(-c2ccccc2)nc(Br)c1Br. The van der Waals surface area contributed by atoms with Crippen LogP contribution < -0.4 is 0 Å². The Kier molecular flexibility index (Phi) is 5.82. The van der Waals surface area contributed by atoms with Gasteiger partial charge in [0.2, 0.25) is 0 Å². The molecule has 1 heterocycles. The third kappa shape index (κ3) is 4.77. The third-order valence-corrected chi connectivity index (χ3v) is 6.71. The van der Waals surface area contributed by atoms with Crippen molar-refractivity contribution in [1.29, 1.82) is 0 Å². The summed E-state index contributed by atoms with van der Waals surface area (Å²) >= 11 is 7.05. The lowest BCUT2D eigenvalue weighted by molar-refractivity contribution is 0.0868. The predicted molar refractivity (Wildman–Crippen MR) is 97.2 cm³/mol. The normalized spacial score (nSPS) is 11.9. The lowest BCUT2D eigenvalue weighted by Gasteiger charge is -2.16. The van der Waals surface area contributed by atoms with Gasteiger partial charge in [-0.25, -0.2) is 4.98 Å². The summed E-state index contributed by atoms with van der Waals surface area (Å²) in [6, 6.07) is 11.3. The molecule has 0 spiro atoms.